The van der Waals surface area contributed by atoms with Crippen LogP contribution in [0.15, 0.2) is 47.4 Å². The Morgan fingerprint density at radius 2 is 2.05 bits per heavy atom. The molecular weight excluding hydrogens is 306 g/mol. The molecule has 0 fully saturated rings. The molecule has 0 spiro atoms. The maximum atomic E-state index is 11.5. The zero-order valence-electron chi connectivity index (χ0n) is 11.6. The third kappa shape index (κ3) is 4.41. The van der Waals surface area contributed by atoms with Gasteiger partial charge in [-0.2, -0.15) is 0 Å². The van der Waals surface area contributed by atoms with Crippen molar-refractivity contribution in [1.82, 2.24) is 0 Å². The topological polar surface area (TPSA) is 52.3 Å². The number of ketones is 1. The van der Waals surface area contributed by atoms with E-state index in [1.165, 1.54) is 6.92 Å². The van der Waals surface area contributed by atoms with Gasteiger partial charge >= 0.3 is 0 Å². The molecule has 0 heterocycles. The maximum Gasteiger partial charge on any atom is 0.163 e. The molecule has 0 aliphatic rings. The minimum Gasteiger partial charge on any atom is -0.492 e. The molecule has 5 heteroatoms. The number of carbonyl (C=O) groups is 1. The molecule has 0 unspecified atom stereocenters. The minimum atomic E-state index is -0.00246. The predicted molar refractivity (Wildman–Crippen MR) is 88.5 cm³/mol. The van der Waals surface area contributed by atoms with Gasteiger partial charge in [-0.3, -0.25) is 4.79 Å². The number of para-hydroxylation sites is 1. The molecule has 0 saturated carbocycles. The van der Waals surface area contributed by atoms with Gasteiger partial charge in [0.15, 0.2) is 5.78 Å². The largest absolute Gasteiger partial charge is 0.492 e. The van der Waals surface area contributed by atoms with Gasteiger partial charge in [0.1, 0.15) is 5.75 Å². The second-order valence-electron chi connectivity index (χ2n) is 4.43. The SMILES string of the molecule is CC(=O)c1ccccc1OCCSc1cc(Cl)ccc1N. The van der Waals surface area contributed by atoms with Gasteiger partial charge in [0.25, 0.3) is 0 Å². The molecule has 0 amide bonds. The summed E-state index contributed by atoms with van der Waals surface area (Å²) in [7, 11) is 0. The number of carbonyl (C=O) groups excluding carboxylic acids is 1. The number of anilines is 1. The van der Waals surface area contributed by atoms with Crippen LogP contribution in [0.2, 0.25) is 5.02 Å². The lowest BCUT2D eigenvalue weighted by atomic mass is 10.1. The first-order valence-electron chi connectivity index (χ1n) is 6.48. The fourth-order valence-electron chi connectivity index (χ4n) is 1.82. The van der Waals surface area contributed by atoms with E-state index in [4.69, 9.17) is 22.1 Å². The molecule has 0 atom stereocenters. The number of rotatable bonds is 6. The van der Waals surface area contributed by atoms with Crippen molar-refractivity contribution >= 4 is 34.8 Å². The molecule has 2 aromatic rings. The molecule has 0 bridgehead atoms. The second kappa shape index (κ2) is 7.38. The average Bonchev–Trinajstić information content (AvgIpc) is 2.47. The Kier molecular flexibility index (Phi) is 5.53. The van der Waals surface area contributed by atoms with Crippen molar-refractivity contribution in [2.24, 2.45) is 0 Å². The first-order chi connectivity index (χ1) is 10.1. The summed E-state index contributed by atoms with van der Waals surface area (Å²) < 4.78 is 5.67. The summed E-state index contributed by atoms with van der Waals surface area (Å²) in [6, 6.07) is 12.6. The number of thioether (sulfide) groups is 1. The number of hydrogen-bond acceptors (Lipinski definition) is 4. The Labute approximate surface area is 133 Å². The van der Waals surface area contributed by atoms with Crippen LogP contribution in [0.25, 0.3) is 0 Å². The molecule has 2 N–H and O–H groups in total. The third-order valence-electron chi connectivity index (χ3n) is 2.84. The monoisotopic (exact) mass is 321 g/mol. The van der Waals surface area contributed by atoms with Crippen LogP contribution in [-0.2, 0) is 0 Å². The Morgan fingerprint density at radius 3 is 2.81 bits per heavy atom. The van der Waals surface area contributed by atoms with E-state index in [-0.39, 0.29) is 5.78 Å². The molecule has 0 radical (unpaired) electrons. The molecule has 0 aliphatic carbocycles. The second-order valence-corrected chi connectivity index (χ2v) is 6.00. The summed E-state index contributed by atoms with van der Waals surface area (Å²) in [6.07, 6.45) is 0. The van der Waals surface area contributed by atoms with Gasteiger partial charge in [-0.25, -0.2) is 0 Å². The van der Waals surface area contributed by atoms with Gasteiger partial charge in [-0.05, 0) is 37.3 Å². The molecule has 3 nitrogen and oxygen atoms in total. The quantitative estimate of drug-likeness (QED) is 0.373. The van der Waals surface area contributed by atoms with E-state index in [9.17, 15) is 4.79 Å². The summed E-state index contributed by atoms with van der Waals surface area (Å²) in [5, 5.41) is 0.662. The van der Waals surface area contributed by atoms with Crippen molar-refractivity contribution in [1.29, 1.82) is 0 Å². The highest BCUT2D eigenvalue weighted by atomic mass is 35.5. The van der Waals surface area contributed by atoms with E-state index in [0.717, 1.165) is 10.6 Å². The van der Waals surface area contributed by atoms with Crippen molar-refractivity contribution in [3.05, 3.63) is 53.1 Å². The van der Waals surface area contributed by atoms with Crippen LogP contribution < -0.4 is 10.5 Å². The maximum absolute atomic E-state index is 11.5. The van der Waals surface area contributed by atoms with E-state index in [0.29, 0.717) is 28.6 Å². The number of ether oxygens (including phenoxy) is 1. The van der Waals surface area contributed by atoms with E-state index < -0.39 is 0 Å². The van der Waals surface area contributed by atoms with Crippen molar-refractivity contribution in [2.45, 2.75) is 11.8 Å². The van der Waals surface area contributed by atoms with E-state index in [1.54, 1.807) is 36.0 Å². The van der Waals surface area contributed by atoms with Crippen molar-refractivity contribution in [2.75, 3.05) is 18.1 Å². The Balaban J connectivity index is 1.91. The molecule has 21 heavy (non-hydrogen) atoms. The van der Waals surface area contributed by atoms with Gasteiger partial charge in [0, 0.05) is 21.4 Å². The number of benzene rings is 2. The normalized spacial score (nSPS) is 10.4. The first kappa shape index (κ1) is 15.7. The van der Waals surface area contributed by atoms with Gasteiger partial charge in [0.2, 0.25) is 0 Å². The Hall–Kier alpha value is -1.65. The molecule has 0 aromatic heterocycles. The highest BCUT2D eigenvalue weighted by molar-refractivity contribution is 7.99. The molecule has 0 saturated heterocycles. The van der Waals surface area contributed by atoms with E-state index in [2.05, 4.69) is 0 Å². The number of Topliss-reactive ketones (excluding diaryl/α,β-unsaturated/α-hetero) is 1. The zero-order chi connectivity index (χ0) is 15.2. The average molecular weight is 322 g/mol. The summed E-state index contributed by atoms with van der Waals surface area (Å²) in [6.45, 7) is 2.02. The van der Waals surface area contributed by atoms with Crippen LogP contribution in [0.5, 0.6) is 5.75 Å². The van der Waals surface area contributed by atoms with Crippen LogP contribution in [0.4, 0.5) is 5.69 Å². The lowest BCUT2D eigenvalue weighted by molar-refractivity contribution is 0.101. The van der Waals surface area contributed by atoms with Crippen molar-refractivity contribution in [3.8, 4) is 5.75 Å². The predicted octanol–water partition coefficient (Wildman–Crippen LogP) is 4.30. The molecule has 2 rings (SSSR count). The summed E-state index contributed by atoms with van der Waals surface area (Å²) in [5.74, 6) is 1.33. The summed E-state index contributed by atoms with van der Waals surface area (Å²) >= 11 is 7.52. The summed E-state index contributed by atoms with van der Waals surface area (Å²) in [5.41, 5.74) is 7.19. The van der Waals surface area contributed by atoms with Gasteiger partial charge < -0.3 is 10.5 Å². The highest BCUT2D eigenvalue weighted by Crippen LogP contribution is 2.28. The van der Waals surface area contributed by atoms with Crippen LogP contribution in [0.3, 0.4) is 0 Å². The lowest BCUT2D eigenvalue weighted by Gasteiger charge is -2.10. The Morgan fingerprint density at radius 1 is 1.29 bits per heavy atom. The molecular formula is C16H16ClNO2S. The van der Waals surface area contributed by atoms with Crippen LogP contribution in [-0.4, -0.2) is 18.1 Å². The van der Waals surface area contributed by atoms with E-state index >= 15 is 0 Å². The summed E-state index contributed by atoms with van der Waals surface area (Å²) in [4.78, 5) is 12.4. The van der Waals surface area contributed by atoms with Gasteiger partial charge in [0.05, 0.1) is 12.2 Å². The number of halogens is 1. The first-order valence-corrected chi connectivity index (χ1v) is 7.85. The van der Waals surface area contributed by atoms with Crippen LogP contribution >= 0.6 is 23.4 Å². The lowest BCUT2D eigenvalue weighted by Crippen LogP contribution is -2.04. The Bertz CT molecular complexity index is 646. The molecule has 2 aromatic carbocycles. The number of hydrogen-bond donors (Lipinski definition) is 1. The fourth-order valence-corrected chi connectivity index (χ4v) is 2.89. The highest BCUT2D eigenvalue weighted by Gasteiger charge is 2.07. The molecule has 0 aliphatic heterocycles. The van der Waals surface area contributed by atoms with E-state index in [1.807, 2.05) is 18.2 Å². The van der Waals surface area contributed by atoms with Crippen molar-refractivity contribution < 1.29 is 9.53 Å². The zero-order valence-corrected chi connectivity index (χ0v) is 13.2. The van der Waals surface area contributed by atoms with Crippen molar-refractivity contribution in [3.63, 3.8) is 0 Å². The number of nitrogens with two attached hydrogens (primary N) is 1. The smallest absolute Gasteiger partial charge is 0.163 e. The number of nitrogen functional groups attached to an aromatic ring is 1. The van der Waals surface area contributed by atoms with Gasteiger partial charge in [-0.1, -0.05) is 23.7 Å². The van der Waals surface area contributed by atoms with Gasteiger partial charge in [-0.15, -0.1) is 11.8 Å². The fraction of sp³-hybridized carbons (Fsp3) is 0.188. The van der Waals surface area contributed by atoms with Crippen LogP contribution in [0.1, 0.15) is 17.3 Å². The third-order valence-corrected chi connectivity index (χ3v) is 4.11. The standard InChI is InChI=1S/C16H16ClNO2S/c1-11(19)13-4-2-3-5-15(13)20-8-9-21-16-10-12(17)6-7-14(16)18/h2-7,10H,8-9,18H2,1H3. The minimum absolute atomic E-state index is 0.00246. The van der Waals surface area contributed by atoms with Crippen LogP contribution in [0, 0.1) is 0 Å². The molecule has 110 valence electrons.